The molecule has 0 aliphatic rings. The molecule has 0 radical (unpaired) electrons. The molecule has 0 heterocycles. The average Bonchev–Trinajstić information content (AvgIpc) is 2.31. The number of carbonyl (C=O) groups is 1. The second-order valence-electron chi connectivity index (χ2n) is 4.16. The van der Waals surface area contributed by atoms with Gasteiger partial charge in [-0.25, -0.2) is 0 Å². The van der Waals surface area contributed by atoms with E-state index >= 15 is 0 Å². The van der Waals surface area contributed by atoms with Crippen LogP contribution in [-0.4, -0.2) is 11.0 Å². The van der Waals surface area contributed by atoms with Crippen molar-refractivity contribution in [2.45, 2.75) is 32.7 Å². The molecule has 0 fully saturated rings. The van der Waals surface area contributed by atoms with Crippen LogP contribution in [0.2, 0.25) is 0 Å². The molecule has 3 heteroatoms. The van der Waals surface area contributed by atoms with Crippen molar-refractivity contribution in [1.82, 2.24) is 5.48 Å². The summed E-state index contributed by atoms with van der Waals surface area (Å²) in [6.45, 7) is 4.10. The smallest absolute Gasteiger partial charge is 0.156 e. The monoisotopic (exact) mass is 221 g/mol. The molecule has 0 spiro atoms. The second kappa shape index (κ2) is 6.40. The third-order valence-corrected chi connectivity index (χ3v) is 2.83. The van der Waals surface area contributed by atoms with Crippen LogP contribution in [0, 0.1) is 5.92 Å². The first-order valence-electron chi connectivity index (χ1n) is 5.66. The summed E-state index contributed by atoms with van der Waals surface area (Å²) in [7, 11) is 0. The fourth-order valence-electron chi connectivity index (χ4n) is 1.58. The van der Waals surface area contributed by atoms with Crippen LogP contribution in [-0.2, 0) is 4.79 Å². The molecular weight excluding hydrogens is 202 g/mol. The van der Waals surface area contributed by atoms with Gasteiger partial charge in [0.1, 0.15) is 6.04 Å². The van der Waals surface area contributed by atoms with E-state index in [2.05, 4.69) is 12.4 Å². The van der Waals surface area contributed by atoms with Crippen LogP contribution < -0.4 is 5.48 Å². The highest BCUT2D eigenvalue weighted by atomic mass is 16.5. The van der Waals surface area contributed by atoms with E-state index in [0.717, 1.165) is 12.0 Å². The number of ketones is 1. The number of hydrogen-bond acceptors (Lipinski definition) is 3. The number of rotatable bonds is 6. The molecule has 16 heavy (non-hydrogen) atoms. The average molecular weight is 221 g/mol. The summed E-state index contributed by atoms with van der Waals surface area (Å²) < 4.78 is 0. The minimum Gasteiger partial charge on any atom is -0.316 e. The number of carbonyl (C=O) groups excluding carboxylic acids is 1. The van der Waals surface area contributed by atoms with Gasteiger partial charge in [-0.3, -0.25) is 4.79 Å². The maximum atomic E-state index is 11.9. The first-order chi connectivity index (χ1) is 7.69. The standard InChI is InChI=1S/C13H19NO2/c1-3-10(2)9-12(15)13(14-16)11-7-5-4-6-8-11/h4-8,10,13-14,16H,3,9H2,1-2H3. The van der Waals surface area contributed by atoms with Gasteiger partial charge in [0, 0.05) is 6.42 Å². The molecule has 0 aromatic heterocycles. The van der Waals surface area contributed by atoms with Gasteiger partial charge < -0.3 is 5.21 Å². The van der Waals surface area contributed by atoms with Crippen LogP contribution in [0.5, 0.6) is 0 Å². The summed E-state index contributed by atoms with van der Waals surface area (Å²) in [4.78, 5) is 11.9. The Morgan fingerprint density at radius 1 is 1.38 bits per heavy atom. The number of benzene rings is 1. The quantitative estimate of drug-likeness (QED) is 0.726. The lowest BCUT2D eigenvalue weighted by molar-refractivity contribution is -0.124. The van der Waals surface area contributed by atoms with E-state index < -0.39 is 6.04 Å². The predicted octanol–water partition coefficient (Wildman–Crippen LogP) is 2.71. The molecule has 0 amide bonds. The molecule has 3 nitrogen and oxygen atoms in total. The lowest BCUT2D eigenvalue weighted by Gasteiger charge is -2.16. The third-order valence-electron chi connectivity index (χ3n) is 2.83. The van der Waals surface area contributed by atoms with E-state index in [0.29, 0.717) is 12.3 Å². The summed E-state index contributed by atoms with van der Waals surface area (Å²) in [5.74, 6) is 0.384. The summed E-state index contributed by atoms with van der Waals surface area (Å²) in [5.41, 5.74) is 2.90. The lowest BCUT2D eigenvalue weighted by Crippen LogP contribution is -2.27. The van der Waals surface area contributed by atoms with Crippen LogP contribution in [0.1, 0.15) is 38.3 Å². The van der Waals surface area contributed by atoms with Crippen molar-refractivity contribution in [3.05, 3.63) is 35.9 Å². The summed E-state index contributed by atoms with van der Waals surface area (Å²) >= 11 is 0. The maximum Gasteiger partial charge on any atom is 0.156 e. The van der Waals surface area contributed by atoms with Crippen molar-refractivity contribution in [1.29, 1.82) is 0 Å². The third kappa shape index (κ3) is 3.43. The molecule has 1 aromatic carbocycles. The molecule has 2 N–H and O–H groups in total. The summed E-state index contributed by atoms with van der Waals surface area (Å²) in [6, 6.07) is 8.67. The van der Waals surface area contributed by atoms with E-state index in [1.165, 1.54) is 0 Å². The summed E-state index contributed by atoms with van der Waals surface area (Å²) in [6.07, 6.45) is 1.46. The lowest BCUT2D eigenvalue weighted by atomic mass is 9.95. The van der Waals surface area contributed by atoms with Gasteiger partial charge in [0.15, 0.2) is 5.78 Å². The zero-order valence-corrected chi connectivity index (χ0v) is 9.81. The summed E-state index contributed by atoms with van der Waals surface area (Å²) in [5, 5.41) is 9.06. The minimum atomic E-state index is -0.602. The highest BCUT2D eigenvalue weighted by Gasteiger charge is 2.20. The van der Waals surface area contributed by atoms with Crippen molar-refractivity contribution in [2.75, 3.05) is 0 Å². The Labute approximate surface area is 96.4 Å². The van der Waals surface area contributed by atoms with Gasteiger partial charge in [0.25, 0.3) is 0 Å². The topological polar surface area (TPSA) is 49.3 Å². The number of Topliss-reactive ketones (excluding diaryl/α,β-unsaturated/α-hetero) is 1. The Hall–Kier alpha value is -1.19. The van der Waals surface area contributed by atoms with E-state index in [9.17, 15) is 4.79 Å². The molecule has 88 valence electrons. The number of hydroxylamine groups is 1. The van der Waals surface area contributed by atoms with Crippen LogP contribution in [0.25, 0.3) is 0 Å². The van der Waals surface area contributed by atoms with Crippen molar-refractivity contribution in [3.63, 3.8) is 0 Å². The van der Waals surface area contributed by atoms with Crippen molar-refractivity contribution in [3.8, 4) is 0 Å². The second-order valence-corrected chi connectivity index (χ2v) is 4.16. The Morgan fingerprint density at radius 3 is 2.50 bits per heavy atom. The largest absolute Gasteiger partial charge is 0.316 e. The van der Waals surface area contributed by atoms with E-state index in [1.54, 1.807) is 0 Å². The molecule has 0 aliphatic carbocycles. The highest BCUT2D eigenvalue weighted by molar-refractivity contribution is 5.85. The van der Waals surface area contributed by atoms with Crippen LogP contribution in [0.3, 0.4) is 0 Å². The normalized spacial score (nSPS) is 14.4. The van der Waals surface area contributed by atoms with Crippen molar-refractivity contribution < 1.29 is 10.0 Å². The van der Waals surface area contributed by atoms with Crippen LogP contribution >= 0.6 is 0 Å². The van der Waals surface area contributed by atoms with Gasteiger partial charge in [-0.15, -0.1) is 0 Å². The van der Waals surface area contributed by atoms with E-state index in [-0.39, 0.29) is 5.78 Å². The highest BCUT2D eigenvalue weighted by Crippen LogP contribution is 2.18. The first kappa shape index (κ1) is 12.9. The molecule has 1 rings (SSSR count). The molecule has 0 saturated carbocycles. The van der Waals surface area contributed by atoms with E-state index in [4.69, 9.17) is 5.21 Å². The van der Waals surface area contributed by atoms with Crippen molar-refractivity contribution in [2.24, 2.45) is 5.92 Å². The number of nitrogens with one attached hydrogen (secondary N) is 1. The van der Waals surface area contributed by atoms with Gasteiger partial charge in [-0.05, 0) is 11.5 Å². The first-order valence-corrected chi connectivity index (χ1v) is 5.66. The van der Waals surface area contributed by atoms with Gasteiger partial charge in [-0.1, -0.05) is 50.6 Å². The van der Waals surface area contributed by atoms with Crippen LogP contribution in [0.4, 0.5) is 0 Å². The molecule has 1 aromatic rings. The Morgan fingerprint density at radius 2 is 2.00 bits per heavy atom. The fourth-order valence-corrected chi connectivity index (χ4v) is 1.58. The molecule has 2 unspecified atom stereocenters. The minimum absolute atomic E-state index is 0.0306. The van der Waals surface area contributed by atoms with Crippen molar-refractivity contribution >= 4 is 5.78 Å². The Balaban J connectivity index is 2.71. The zero-order chi connectivity index (χ0) is 12.0. The number of hydrogen-bond donors (Lipinski definition) is 2. The van der Waals surface area contributed by atoms with E-state index in [1.807, 2.05) is 37.3 Å². The van der Waals surface area contributed by atoms with Gasteiger partial charge >= 0.3 is 0 Å². The maximum absolute atomic E-state index is 11.9. The van der Waals surface area contributed by atoms with Gasteiger partial charge in [-0.2, -0.15) is 5.48 Å². The Bertz CT molecular complexity index is 324. The molecule has 2 atom stereocenters. The predicted molar refractivity (Wildman–Crippen MR) is 63.2 cm³/mol. The Kier molecular flexibility index (Phi) is 5.15. The molecule has 0 bridgehead atoms. The SMILES string of the molecule is CCC(C)CC(=O)C(NO)c1ccccc1. The molecular formula is C13H19NO2. The zero-order valence-electron chi connectivity index (χ0n) is 9.81. The molecule has 0 saturated heterocycles. The fraction of sp³-hybridized carbons (Fsp3) is 0.462. The van der Waals surface area contributed by atoms with Crippen LogP contribution in [0.15, 0.2) is 30.3 Å². The van der Waals surface area contributed by atoms with Gasteiger partial charge in [0.05, 0.1) is 0 Å². The molecule has 0 aliphatic heterocycles. The van der Waals surface area contributed by atoms with Gasteiger partial charge in [0.2, 0.25) is 0 Å².